The van der Waals surface area contributed by atoms with Gasteiger partial charge in [-0.15, -0.1) is 0 Å². The largest absolute Gasteiger partial charge is 0.344 e. The van der Waals surface area contributed by atoms with Crippen LogP contribution in [0.4, 0.5) is 0 Å². The molecule has 0 N–H and O–H groups in total. The fourth-order valence-corrected chi connectivity index (χ4v) is 2.40. The number of halogens is 1. The molecule has 0 bridgehead atoms. The molecule has 1 aliphatic heterocycles. The summed E-state index contributed by atoms with van der Waals surface area (Å²) in [6.45, 7) is 3.93. The van der Waals surface area contributed by atoms with Gasteiger partial charge in [0.05, 0.1) is 6.10 Å². The van der Waals surface area contributed by atoms with Crippen molar-refractivity contribution >= 4 is 15.9 Å². The highest BCUT2D eigenvalue weighted by atomic mass is 79.9. The molecular formula is C9H13BrO2. The van der Waals surface area contributed by atoms with E-state index in [4.69, 9.17) is 9.47 Å². The highest BCUT2D eigenvalue weighted by Gasteiger charge is 2.43. The van der Waals surface area contributed by atoms with Crippen LogP contribution >= 0.6 is 15.9 Å². The van der Waals surface area contributed by atoms with Crippen LogP contribution in [0.1, 0.15) is 26.7 Å². The lowest BCUT2D eigenvalue weighted by molar-refractivity contribution is -0.143. The summed E-state index contributed by atoms with van der Waals surface area (Å²) in [5.41, 5.74) is 0. The van der Waals surface area contributed by atoms with Crippen molar-refractivity contribution in [2.75, 3.05) is 0 Å². The fourth-order valence-electron chi connectivity index (χ4n) is 1.78. The second kappa shape index (κ2) is 2.82. The minimum absolute atomic E-state index is 0.133. The van der Waals surface area contributed by atoms with Crippen LogP contribution in [0.15, 0.2) is 10.6 Å². The van der Waals surface area contributed by atoms with Gasteiger partial charge in [0.2, 0.25) is 0 Å². The molecule has 2 rings (SSSR count). The lowest BCUT2D eigenvalue weighted by Crippen LogP contribution is -2.25. The highest BCUT2D eigenvalue weighted by Crippen LogP contribution is 2.38. The first-order valence-corrected chi connectivity index (χ1v) is 5.09. The lowest BCUT2D eigenvalue weighted by atomic mass is 10.0. The summed E-state index contributed by atoms with van der Waals surface area (Å²) in [7, 11) is 0. The van der Waals surface area contributed by atoms with E-state index in [1.165, 1.54) is 0 Å². The molecule has 0 aromatic rings. The van der Waals surface area contributed by atoms with E-state index in [0.29, 0.717) is 0 Å². The van der Waals surface area contributed by atoms with Crippen LogP contribution in [0.25, 0.3) is 0 Å². The van der Waals surface area contributed by atoms with Gasteiger partial charge in [0.15, 0.2) is 5.79 Å². The van der Waals surface area contributed by atoms with E-state index in [1.807, 2.05) is 13.8 Å². The summed E-state index contributed by atoms with van der Waals surface area (Å²) in [5, 5.41) is 0. The molecule has 2 aliphatic rings. The SMILES string of the molecule is CC1(C)O[C@H]2CCC=C(Br)[C@@H]2O1. The molecular weight excluding hydrogens is 220 g/mol. The van der Waals surface area contributed by atoms with Crippen molar-refractivity contribution < 1.29 is 9.47 Å². The van der Waals surface area contributed by atoms with Crippen LogP contribution in [0, 0.1) is 0 Å². The molecule has 68 valence electrons. The van der Waals surface area contributed by atoms with E-state index >= 15 is 0 Å². The maximum atomic E-state index is 5.73. The Morgan fingerprint density at radius 3 is 2.92 bits per heavy atom. The van der Waals surface area contributed by atoms with Crippen LogP contribution in [0.5, 0.6) is 0 Å². The van der Waals surface area contributed by atoms with E-state index in [-0.39, 0.29) is 12.2 Å². The molecule has 2 atom stereocenters. The number of fused-ring (bicyclic) bond motifs is 1. The fraction of sp³-hybridized carbons (Fsp3) is 0.778. The summed E-state index contributed by atoms with van der Waals surface area (Å²) in [6, 6.07) is 0. The minimum atomic E-state index is -0.410. The van der Waals surface area contributed by atoms with Gasteiger partial charge in [0.1, 0.15) is 6.10 Å². The minimum Gasteiger partial charge on any atom is -0.344 e. The Morgan fingerprint density at radius 1 is 1.50 bits per heavy atom. The van der Waals surface area contributed by atoms with Gasteiger partial charge in [-0.1, -0.05) is 22.0 Å². The zero-order valence-corrected chi connectivity index (χ0v) is 8.93. The zero-order valence-electron chi connectivity index (χ0n) is 7.34. The smallest absolute Gasteiger partial charge is 0.164 e. The Labute approximate surface area is 81.1 Å². The van der Waals surface area contributed by atoms with Crippen molar-refractivity contribution in [1.82, 2.24) is 0 Å². The molecule has 0 aromatic heterocycles. The molecule has 0 unspecified atom stereocenters. The lowest BCUT2D eigenvalue weighted by Gasteiger charge is -2.19. The van der Waals surface area contributed by atoms with E-state index in [1.54, 1.807) is 0 Å². The molecule has 1 aliphatic carbocycles. The number of hydrogen-bond donors (Lipinski definition) is 0. The van der Waals surface area contributed by atoms with Crippen LogP contribution in [0.3, 0.4) is 0 Å². The van der Waals surface area contributed by atoms with Crippen molar-refractivity contribution in [3.8, 4) is 0 Å². The summed E-state index contributed by atoms with van der Waals surface area (Å²) in [6.07, 6.45) is 4.71. The summed E-state index contributed by atoms with van der Waals surface area (Å²) >= 11 is 3.50. The quantitative estimate of drug-likeness (QED) is 0.640. The third kappa shape index (κ3) is 1.45. The summed E-state index contributed by atoms with van der Waals surface area (Å²) < 4.78 is 12.6. The Balaban J connectivity index is 2.18. The van der Waals surface area contributed by atoms with Crippen LogP contribution < -0.4 is 0 Å². The molecule has 0 amide bonds. The first-order valence-electron chi connectivity index (χ1n) is 4.30. The maximum absolute atomic E-state index is 5.73. The third-order valence-corrected chi connectivity index (χ3v) is 3.02. The number of rotatable bonds is 0. The van der Waals surface area contributed by atoms with Crippen molar-refractivity contribution in [3.05, 3.63) is 10.6 Å². The van der Waals surface area contributed by atoms with Gasteiger partial charge in [0, 0.05) is 4.48 Å². The number of hydrogen-bond acceptors (Lipinski definition) is 2. The van der Waals surface area contributed by atoms with Gasteiger partial charge in [-0.3, -0.25) is 0 Å². The Morgan fingerprint density at radius 2 is 2.25 bits per heavy atom. The van der Waals surface area contributed by atoms with Crippen LogP contribution in [-0.2, 0) is 9.47 Å². The van der Waals surface area contributed by atoms with Crippen molar-refractivity contribution in [3.63, 3.8) is 0 Å². The van der Waals surface area contributed by atoms with Gasteiger partial charge in [-0.05, 0) is 26.7 Å². The topological polar surface area (TPSA) is 18.5 Å². The van der Waals surface area contributed by atoms with Gasteiger partial charge >= 0.3 is 0 Å². The molecule has 12 heavy (non-hydrogen) atoms. The van der Waals surface area contributed by atoms with Gasteiger partial charge in [0.25, 0.3) is 0 Å². The molecule has 1 heterocycles. The number of ether oxygens (including phenoxy) is 2. The molecule has 3 heteroatoms. The van der Waals surface area contributed by atoms with E-state index < -0.39 is 5.79 Å². The first kappa shape index (κ1) is 8.73. The van der Waals surface area contributed by atoms with E-state index in [9.17, 15) is 0 Å². The second-order valence-electron chi connectivity index (χ2n) is 3.76. The summed E-state index contributed by atoms with van der Waals surface area (Å²) in [5.74, 6) is -0.410. The Bertz CT molecular complexity index is 223. The zero-order chi connectivity index (χ0) is 8.77. The van der Waals surface area contributed by atoms with E-state index in [0.717, 1.165) is 17.3 Å². The monoisotopic (exact) mass is 232 g/mol. The Kier molecular flexibility index (Phi) is 2.05. The molecule has 0 saturated carbocycles. The normalized spacial score (nSPS) is 39.1. The Hall–Kier alpha value is 0.140. The van der Waals surface area contributed by atoms with Crippen LogP contribution in [-0.4, -0.2) is 18.0 Å². The van der Waals surface area contributed by atoms with Crippen molar-refractivity contribution in [1.29, 1.82) is 0 Å². The van der Waals surface area contributed by atoms with Crippen LogP contribution in [0.2, 0.25) is 0 Å². The van der Waals surface area contributed by atoms with Crippen molar-refractivity contribution in [2.24, 2.45) is 0 Å². The standard InChI is InChI=1S/C9H13BrO2/c1-9(2)11-7-5-3-4-6(10)8(7)12-9/h4,7-8H,3,5H2,1-2H3/t7-,8-/m0/s1. The average molecular weight is 233 g/mol. The maximum Gasteiger partial charge on any atom is 0.164 e. The number of allylic oxidation sites excluding steroid dienone is 1. The molecule has 0 aromatic carbocycles. The van der Waals surface area contributed by atoms with Crippen molar-refractivity contribution in [2.45, 2.75) is 44.7 Å². The molecule has 1 saturated heterocycles. The van der Waals surface area contributed by atoms with Gasteiger partial charge in [-0.2, -0.15) is 0 Å². The molecule has 0 radical (unpaired) electrons. The highest BCUT2D eigenvalue weighted by molar-refractivity contribution is 9.11. The first-order chi connectivity index (χ1) is 5.58. The molecule has 1 fully saturated rings. The average Bonchev–Trinajstić information content (AvgIpc) is 2.25. The van der Waals surface area contributed by atoms with Gasteiger partial charge in [-0.25, -0.2) is 0 Å². The molecule has 2 nitrogen and oxygen atoms in total. The third-order valence-electron chi connectivity index (χ3n) is 2.25. The summed E-state index contributed by atoms with van der Waals surface area (Å²) in [4.78, 5) is 0. The predicted octanol–water partition coefficient (Wildman–Crippen LogP) is 2.58. The van der Waals surface area contributed by atoms with Gasteiger partial charge < -0.3 is 9.47 Å². The second-order valence-corrected chi connectivity index (χ2v) is 4.68. The predicted molar refractivity (Wildman–Crippen MR) is 50.1 cm³/mol. The van der Waals surface area contributed by atoms with E-state index in [2.05, 4.69) is 22.0 Å². The molecule has 0 spiro atoms.